The third-order valence-electron chi connectivity index (χ3n) is 6.36. The summed E-state index contributed by atoms with van der Waals surface area (Å²) in [5, 5.41) is -0.499. The van der Waals surface area contributed by atoms with Crippen LogP contribution in [-0.2, 0) is 14.8 Å². The van der Waals surface area contributed by atoms with E-state index >= 15 is 0 Å². The maximum absolute atomic E-state index is 14.1. The summed E-state index contributed by atoms with van der Waals surface area (Å²) in [6.07, 6.45) is 5.54. The minimum absolute atomic E-state index is 0.127. The van der Waals surface area contributed by atoms with Crippen molar-refractivity contribution in [3.63, 3.8) is 0 Å². The van der Waals surface area contributed by atoms with E-state index in [1.807, 2.05) is 0 Å². The molecule has 2 aromatic rings. The molecule has 1 aromatic heterocycles. The van der Waals surface area contributed by atoms with E-state index in [0.717, 1.165) is 0 Å². The van der Waals surface area contributed by atoms with Crippen LogP contribution in [0.4, 0.5) is 4.39 Å². The highest BCUT2D eigenvalue weighted by Gasteiger charge is 2.52. The third kappa shape index (κ3) is 3.88. The topological polar surface area (TPSA) is 90.9 Å². The zero-order valence-corrected chi connectivity index (χ0v) is 17.7. The van der Waals surface area contributed by atoms with Gasteiger partial charge in [0.2, 0.25) is 15.9 Å². The van der Waals surface area contributed by atoms with E-state index in [2.05, 4.69) is 9.97 Å². The molecule has 166 valence electrons. The molecule has 0 spiro atoms. The molecule has 0 amide bonds. The Morgan fingerprint density at radius 3 is 2.84 bits per heavy atom. The van der Waals surface area contributed by atoms with Crippen LogP contribution < -0.4 is 9.47 Å². The van der Waals surface area contributed by atoms with Crippen molar-refractivity contribution in [3.05, 3.63) is 48.2 Å². The molecule has 0 aliphatic carbocycles. The van der Waals surface area contributed by atoms with E-state index in [1.54, 1.807) is 16.6 Å². The van der Waals surface area contributed by atoms with Crippen LogP contribution in [0.1, 0.15) is 24.4 Å². The van der Waals surface area contributed by atoms with Gasteiger partial charge in [-0.05, 0) is 31.0 Å². The standard InChI is InChI=1S/C21H24FN3O5S/c22-15-1-2-19-17(9-15)21-18(13-29-19)14(12-30-20-10-23-5-6-24-20)11-25(21)31(26,27)16-3-7-28-8-4-16/h1-2,5-6,9-10,14,16,18,21H,3-4,7-8,11-13H2/t14-,18-,21-/m0/s1. The van der Waals surface area contributed by atoms with Gasteiger partial charge in [-0.15, -0.1) is 0 Å². The lowest BCUT2D eigenvalue weighted by atomic mass is 9.86. The molecule has 0 radical (unpaired) electrons. The first-order valence-electron chi connectivity index (χ1n) is 10.4. The average molecular weight is 450 g/mol. The van der Waals surface area contributed by atoms with Gasteiger partial charge in [0.1, 0.15) is 11.6 Å². The molecule has 1 aromatic carbocycles. The Morgan fingerprint density at radius 1 is 1.23 bits per heavy atom. The SMILES string of the molecule is O=S(=O)(C1CCOCC1)N1C[C@@H](COc2cnccn2)[C@@H]2COc3ccc(F)cc3[C@@H]21. The van der Waals surface area contributed by atoms with Gasteiger partial charge in [0, 0.05) is 49.6 Å². The molecular formula is C21H24FN3O5S. The fourth-order valence-corrected chi connectivity index (χ4v) is 6.95. The van der Waals surface area contributed by atoms with Gasteiger partial charge in [0.05, 0.1) is 30.7 Å². The largest absolute Gasteiger partial charge is 0.493 e. The van der Waals surface area contributed by atoms with Crippen LogP contribution in [-0.4, -0.2) is 60.9 Å². The van der Waals surface area contributed by atoms with Gasteiger partial charge in [-0.1, -0.05) is 0 Å². The van der Waals surface area contributed by atoms with Gasteiger partial charge >= 0.3 is 0 Å². The molecule has 31 heavy (non-hydrogen) atoms. The lowest BCUT2D eigenvalue weighted by molar-refractivity contribution is 0.0965. The van der Waals surface area contributed by atoms with Crippen molar-refractivity contribution in [1.29, 1.82) is 0 Å². The minimum atomic E-state index is -3.61. The molecule has 3 atom stereocenters. The van der Waals surface area contributed by atoms with E-state index in [1.165, 1.54) is 24.5 Å². The molecule has 0 unspecified atom stereocenters. The molecule has 10 heteroatoms. The molecule has 2 saturated heterocycles. The second-order valence-corrected chi connectivity index (χ2v) is 10.3. The van der Waals surface area contributed by atoms with Crippen LogP contribution >= 0.6 is 0 Å². The number of hydrogen-bond donors (Lipinski definition) is 0. The Labute approximate surface area is 180 Å². The van der Waals surface area contributed by atoms with Crippen LogP contribution in [0.15, 0.2) is 36.8 Å². The Hall–Kier alpha value is -2.30. The number of aromatic nitrogens is 2. The monoisotopic (exact) mass is 449 g/mol. The van der Waals surface area contributed by atoms with Crippen LogP contribution in [0.2, 0.25) is 0 Å². The Morgan fingerprint density at radius 2 is 2.06 bits per heavy atom. The number of rotatable bonds is 5. The quantitative estimate of drug-likeness (QED) is 0.691. The van der Waals surface area contributed by atoms with Crippen molar-refractivity contribution >= 4 is 10.0 Å². The number of fused-ring (bicyclic) bond motifs is 3. The molecule has 0 saturated carbocycles. The summed E-state index contributed by atoms with van der Waals surface area (Å²) in [5.74, 6) is 0.225. The number of ether oxygens (including phenoxy) is 3. The van der Waals surface area contributed by atoms with Gasteiger partial charge < -0.3 is 14.2 Å². The summed E-state index contributed by atoms with van der Waals surface area (Å²) in [5.41, 5.74) is 0.578. The first-order valence-corrected chi connectivity index (χ1v) is 11.9. The third-order valence-corrected chi connectivity index (χ3v) is 8.70. The van der Waals surface area contributed by atoms with Crippen LogP contribution in [0.5, 0.6) is 11.6 Å². The average Bonchev–Trinajstić information content (AvgIpc) is 3.19. The first-order chi connectivity index (χ1) is 15.0. The van der Waals surface area contributed by atoms with Crippen LogP contribution in [0, 0.1) is 17.7 Å². The summed E-state index contributed by atoms with van der Waals surface area (Å²) in [4.78, 5) is 8.12. The number of benzene rings is 1. The molecule has 0 bridgehead atoms. The fourth-order valence-electron chi connectivity index (χ4n) is 4.79. The van der Waals surface area contributed by atoms with Gasteiger partial charge in [-0.2, -0.15) is 4.31 Å². The van der Waals surface area contributed by atoms with Crippen LogP contribution in [0.25, 0.3) is 0 Å². The predicted octanol–water partition coefficient (Wildman–Crippen LogP) is 2.18. The molecule has 3 aliphatic heterocycles. The highest BCUT2D eigenvalue weighted by molar-refractivity contribution is 7.89. The number of hydrogen-bond acceptors (Lipinski definition) is 7. The Bertz CT molecular complexity index is 1030. The normalized spacial score (nSPS) is 26.7. The maximum Gasteiger partial charge on any atom is 0.232 e. The van der Waals surface area contributed by atoms with Crippen molar-refractivity contribution in [1.82, 2.24) is 14.3 Å². The van der Waals surface area contributed by atoms with Gasteiger partial charge in [-0.25, -0.2) is 17.8 Å². The van der Waals surface area contributed by atoms with Gasteiger partial charge in [0.25, 0.3) is 0 Å². The number of sulfonamides is 1. The highest BCUT2D eigenvalue weighted by Crippen LogP contribution is 2.49. The Kier molecular flexibility index (Phi) is 5.53. The zero-order valence-electron chi connectivity index (χ0n) is 16.9. The van der Waals surface area contributed by atoms with E-state index in [9.17, 15) is 12.8 Å². The molecule has 2 fully saturated rings. The molecule has 0 N–H and O–H groups in total. The molecule has 3 aliphatic rings. The lowest BCUT2D eigenvalue weighted by Crippen LogP contribution is -2.42. The van der Waals surface area contributed by atoms with Crippen molar-refractivity contribution in [2.24, 2.45) is 11.8 Å². The highest BCUT2D eigenvalue weighted by atomic mass is 32.2. The second-order valence-electron chi connectivity index (χ2n) is 8.14. The summed E-state index contributed by atoms with van der Waals surface area (Å²) in [6.45, 7) is 1.76. The first kappa shape index (κ1) is 20.6. The smallest absolute Gasteiger partial charge is 0.232 e. The van der Waals surface area contributed by atoms with Crippen molar-refractivity contribution < 1.29 is 27.0 Å². The summed E-state index contributed by atoms with van der Waals surface area (Å²) in [6, 6.07) is 3.82. The fraction of sp³-hybridized carbons (Fsp3) is 0.524. The summed E-state index contributed by atoms with van der Waals surface area (Å²) < 4.78 is 60.0. The van der Waals surface area contributed by atoms with Gasteiger partial charge in [-0.3, -0.25) is 4.98 Å². The van der Waals surface area contributed by atoms with Crippen molar-refractivity contribution in [2.75, 3.05) is 33.0 Å². The lowest BCUT2D eigenvalue weighted by Gasteiger charge is -2.36. The number of nitrogens with zero attached hydrogens (tertiary/aromatic N) is 3. The molecule has 5 rings (SSSR count). The number of halogens is 1. The Balaban J connectivity index is 1.47. The maximum atomic E-state index is 14.1. The summed E-state index contributed by atoms with van der Waals surface area (Å²) >= 11 is 0. The molecule has 4 heterocycles. The van der Waals surface area contributed by atoms with Gasteiger partial charge in [0.15, 0.2) is 0 Å². The molecule has 8 nitrogen and oxygen atoms in total. The zero-order chi connectivity index (χ0) is 21.4. The minimum Gasteiger partial charge on any atom is -0.493 e. The van der Waals surface area contributed by atoms with E-state index in [0.29, 0.717) is 49.9 Å². The second kappa shape index (κ2) is 8.33. The van der Waals surface area contributed by atoms with Crippen molar-refractivity contribution in [2.45, 2.75) is 24.1 Å². The van der Waals surface area contributed by atoms with Crippen LogP contribution in [0.3, 0.4) is 0 Å². The summed E-state index contributed by atoms with van der Waals surface area (Å²) in [7, 11) is -3.61. The predicted molar refractivity (Wildman–Crippen MR) is 109 cm³/mol. The van der Waals surface area contributed by atoms with E-state index < -0.39 is 27.1 Å². The van der Waals surface area contributed by atoms with Crippen molar-refractivity contribution in [3.8, 4) is 11.6 Å². The van der Waals surface area contributed by atoms with E-state index in [4.69, 9.17) is 14.2 Å². The molecular weight excluding hydrogens is 425 g/mol. The van der Waals surface area contributed by atoms with E-state index in [-0.39, 0.29) is 25.0 Å².